The van der Waals surface area contributed by atoms with Crippen LogP contribution in [0.2, 0.25) is 0 Å². The lowest BCUT2D eigenvalue weighted by atomic mass is 10.1. The highest BCUT2D eigenvalue weighted by atomic mass is 19.1. The molecule has 3 heteroatoms. The summed E-state index contributed by atoms with van der Waals surface area (Å²) in [5.41, 5.74) is 0.286. The molecule has 0 radical (unpaired) electrons. The van der Waals surface area contributed by atoms with E-state index in [1.165, 1.54) is 6.07 Å². The van der Waals surface area contributed by atoms with E-state index in [0.29, 0.717) is 5.92 Å². The zero-order valence-electron chi connectivity index (χ0n) is 8.76. The second kappa shape index (κ2) is 4.17. The van der Waals surface area contributed by atoms with Crippen LogP contribution < -0.4 is 5.32 Å². The second-order valence-electron chi connectivity index (χ2n) is 4.38. The van der Waals surface area contributed by atoms with Gasteiger partial charge in [-0.1, -0.05) is 6.92 Å². The van der Waals surface area contributed by atoms with Crippen LogP contribution in [0.4, 0.5) is 14.5 Å². The van der Waals surface area contributed by atoms with E-state index >= 15 is 0 Å². The molecule has 0 heterocycles. The molecule has 1 aliphatic carbocycles. The van der Waals surface area contributed by atoms with Crippen LogP contribution in [0.25, 0.3) is 0 Å². The average Bonchev–Trinajstić information content (AvgIpc) is 2.58. The maximum atomic E-state index is 13.3. The third-order valence-corrected chi connectivity index (χ3v) is 2.98. The van der Waals surface area contributed by atoms with Gasteiger partial charge in [0.05, 0.1) is 5.69 Å². The lowest BCUT2D eigenvalue weighted by molar-refractivity contribution is 0.590. The Balaban J connectivity index is 2.07. The van der Waals surface area contributed by atoms with Crippen molar-refractivity contribution in [2.45, 2.75) is 32.2 Å². The topological polar surface area (TPSA) is 12.0 Å². The first-order chi connectivity index (χ1) is 7.15. The predicted molar refractivity (Wildman–Crippen MR) is 56.8 cm³/mol. The molecule has 1 aliphatic rings. The summed E-state index contributed by atoms with van der Waals surface area (Å²) in [6, 6.07) is 3.81. The molecule has 0 unspecified atom stereocenters. The first-order valence-electron chi connectivity index (χ1n) is 5.37. The second-order valence-corrected chi connectivity index (χ2v) is 4.38. The maximum Gasteiger partial charge on any atom is 0.146 e. The van der Waals surface area contributed by atoms with Crippen LogP contribution in [-0.4, -0.2) is 6.04 Å². The van der Waals surface area contributed by atoms with E-state index in [-0.39, 0.29) is 17.5 Å². The fourth-order valence-electron chi connectivity index (χ4n) is 2.17. The molecular weight excluding hydrogens is 196 g/mol. The van der Waals surface area contributed by atoms with Crippen LogP contribution in [0, 0.1) is 17.6 Å². The number of benzene rings is 1. The summed E-state index contributed by atoms with van der Waals surface area (Å²) in [5.74, 6) is -0.0972. The number of nitrogens with one attached hydrogen (secondary N) is 1. The molecule has 0 aromatic heterocycles. The normalized spacial score (nSPS) is 25.5. The van der Waals surface area contributed by atoms with Gasteiger partial charge in [0.2, 0.25) is 0 Å². The standard InChI is InChI=1S/C12H15F2N/c1-8-2-4-10(6-8)15-12-7-9(13)3-5-11(12)14/h3,5,7-8,10,15H,2,4,6H2,1H3/t8-,10+/m0/s1. The summed E-state index contributed by atoms with van der Waals surface area (Å²) >= 11 is 0. The molecule has 0 spiro atoms. The Hall–Kier alpha value is -1.12. The lowest BCUT2D eigenvalue weighted by Crippen LogP contribution is -2.16. The number of hydrogen-bond acceptors (Lipinski definition) is 1. The van der Waals surface area contributed by atoms with Crippen LogP contribution in [-0.2, 0) is 0 Å². The molecule has 2 rings (SSSR count). The number of hydrogen-bond donors (Lipinski definition) is 1. The highest BCUT2D eigenvalue weighted by Gasteiger charge is 2.21. The van der Waals surface area contributed by atoms with Gasteiger partial charge in [-0.15, -0.1) is 0 Å². The molecule has 1 N–H and O–H groups in total. The smallest absolute Gasteiger partial charge is 0.146 e. The van der Waals surface area contributed by atoms with Crippen molar-refractivity contribution < 1.29 is 8.78 Å². The molecule has 1 fully saturated rings. The Morgan fingerprint density at radius 3 is 2.73 bits per heavy atom. The van der Waals surface area contributed by atoms with Gasteiger partial charge in [0, 0.05) is 6.04 Å². The van der Waals surface area contributed by atoms with Crippen LogP contribution in [0.1, 0.15) is 26.2 Å². The highest BCUT2D eigenvalue weighted by molar-refractivity contribution is 5.45. The van der Waals surface area contributed by atoms with E-state index in [1.54, 1.807) is 0 Å². The van der Waals surface area contributed by atoms with Crippen molar-refractivity contribution in [3.63, 3.8) is 0 Å². The van der Waals surface area contributed by atoms with Crippen LogP contribution in [0.3, 0.4) is 0 Å². The fraction of sp³-hybridized carbons (Fsp3) is 0.500. The van der Waals surface area contributed by atoms with E-state index in [4.69, 9.17) is 0 Å². The Morgan fingerprint density at radius 1 is 1.27 bits per heavy atom. The van der Waals surface area contributed by atoms with Crippen LogP contribution in [0.15, 0.2) is 18.2 Å². The minimum Gasteiger partial charge on any atom is -0.380 e. The molecule has 82 valence electrons. The van der Waals surface area contributed by atoms with Gasteiger partial charge in [0.15, 0.2) is 0 Å². The van der Waals surface area contributed by atoms with Crippen molar-refractivity contribution in [3.05, 3.63) is 29.8 Å². The summed E-state index contributed by atoms with van der Waals surface area (Å²) in [6.07, 6.45) is 3.24. The van der Waals surface area contributed by atoms with Crippen molar-refractivity contribution in [3.8, 4) is 0 Å². The molecule has 1 nitrogen and oxygen atoms in total. The third kappa shape index (κ3) is 2.46. The summed E-state index contributed by atoms with van der Waals surface area (Å²) in [5, 5.41) is 3.07. The van der Waals surface area contributed by atoms with Gasteiger partial charge in [-0.3, -0.25) is 0 Å². The SMILES string of the molecule is C[C@H]1CC[C@@H](Nc2cc(F)ccc2F)C1. The zero-order chi connectivity index (χ0) is 10.8. The molecule has 1 aromatic rings. The van der Waals surface area contributed by atoms with E-state index in [0.717, 1.165) is 31.4 Å². The molecule has 1 saturated carbocycles. The minimum absolute atomic E-state index is 0.286. The van der Waals surface area contributed by atoms with Crippen LogP contribution in [0.5, 0.6) is 0 Å². The molecule has 0 bridgehead atoms. The maximum absolute atomic E-state index is 13.3. The molecular formula is C12H15F2N. The summed E-state index contributed by atoms with van der Waals surface area (Å²) < 4.78 is 26.2. The lowest BCUT2D eigenvalue weighted by Gasteiger charge is -2.14. The summed E-state index contributed by atoms with van der Waals surface area (Å²) in [4.78, 5) is 0. The minimum atomic E-state index is -0.398. The van der Waals surface area contributed by atoms with E-state index < -0.39 is 5.82 Å². The van der Waals surface area contributed by atoms with Crippen molar-refractivity contribution in [1.29, 1.82) is 0 Å². The predicted octanol–water partition coefficient (Wildman–Crippen LogP) is 3.57. The monoisotopic (exact) mass is 211 g/mol. The zero-order valence-corrected chi connectivity index (χ0v) is 8.76. The van der Waals surface area contributed by atoms with E-state index in [2.05, 4.69) is 12.2 Å². The molecule has 2 atom stereocenters. The number of anilines is 1. The Kier molecular flexibility index (Phi) is 2.89. The van der Waals surface area contributed by atoms with Gasteiger partial charge >= 0.3 is 0 Å². The molecule has 0 amide bonds. The van der Waals surface area contributed by atoms with Crippen LogP contribution >= 0.6 is 0 Å². The van der Waals surface area contributed by atoms with Gasteiger partial charge in [-0.05, 0) is 43.4 Å². The fourth-order valence-corrected chi connectivity index (χ4v) is 2.17. The van der Waals surface area contributed by atoms with Crippen molar-refractivity contribution in [1.82, 2.24) is 0 Å². The molecule has 0 aliphatic heterocycles. The molecule has 0 saturated heterocycles. The largest absolute Gasteiger partial charge is 0.380 e. The Morgan fingerprint density at radius 2 is 2.07 bits per heavy atom. The first-order valence-corrected chi connectivity index (χ1v) is 5.37. The highest BCUT2D eigenvalue weighted by Crippen LogP contribution is 2.28. The number of halogens is 2. The number of rotatable bonds is 2. The van der Waals surface area contributed by atoms with Gasteiger partial charge < -0.3 is 5.32 Å². The quantitative estimate of drug-likeness (QED) is 0.788. The summed E-state index contributed by atoms with van der Waals surface area (Å²) in [7, 11) is 0. The summed E-state index contributed by atoms with van der Waals surface area (Å²) in [6.45, 7) is 2.18. The molecule has 1 aromatic carbocycles. The van der Waals surface area contributed by atoms with Crippen molar-refractivity contribution in [2.75, 3.05) is 5.32 Å². The van der Waals surface area contributed by atoms with Crippen molar-refractivity contribution >= 4 is 5.69 Å². The Labute approximate surface area is 88.5 Å². The van der Waals surface area contributed by atoms with E-state index in [9.17, 15) is 8.78 Å². The van der Waals surface area contributed by atoms with Gasteiger partial charge in [0.25, 0.3) is 0 Å². The Bertz CT molecular complexity index is 351. The van der Waals surface area contributed by atoms with E-state index in [1.807, 2.05) is 0 Å². The van der Waals surface area contributed by atoms with Crippen molar-refractivity contribution in [2.24, 2.45) is 5.92 Å². The van der Waals surface area contributed by atoms with Gasteiger partial charge in [0.1, 0.15) is 11.6 Å². The van der Waals surface area contributed by atoms with Gasteiger partial charge in [-0.25, -0.2) is 8.78 Å². The average molecular weight is 211 g/mol. The molecule has 15 heavy (non-hydrogen) atoms. The first kappa shape index (κ1) is 10.4. The van der Waals surface area contributed by atoms with Gasteiger partial charge in [-0.2, -0.15) is 0 Å². The third-order valence-electron chi connectivity index (χ3n) is 2.98.